The maximum Gasteiger partial charge on any atom is 0.274 e. The van der Waals surface area contributed by atoms with Gasteiger partial charge in [0.1, 0.15) is 5.75 Å². The third-order valence-electron chi connectivity index (χ3n) is 7.00. The van der Waals surface area contributed by atoms with Crippen LogP contribution in [0.4, 0.5) is 11.4 Å². The fourth-order valence-electron chi connectivity index (χ4n) is 5.05. The van der Waals surface area contributed by atoms with E-state index in [4.69, 9.17) is 0 Å². The van der Waals surface area contributed by atoms with E-state index >= 15 is 0 Å². The van der Waals surface area contributed by atoms with E-state index < -0.39 is 32.3 Å². The first-order valence-electron chi connectivity index (χ1n) is 11.2. The van der Waals surface area contributed by atoms with Gasteiger partial charge >= 0.3 is 0 Å². The molecule has 2 heterocycles. The number of anilines is 2. The molecule has 1 spiro atoms. The van der Waals surface area contributed by atoms with Crippen molar-refractivity contribution in [3.05, 3.63) is 94.0 Å². The van der Waals surface area contributed by atoms with E-state index in [1.807, 2.05) is 52.0 Å². The molecular weight excluding hydrogens is 448 g/mol. The summed E-state index contributed by atoms with van der Waals surface area (Å²) in [6.45, 7) is 8.01. The highest BCUT2D eigenvalue weighted by Crippen LogP contribution is 2.53. The summed E-state index contributed by atoms with van der Waals surface area (Å²) in [5.74, 6) is -1.92. The second kappa shape index (κ2) is 7.53. The van der Waals surface area contributed by atoms with Gasteiger partial charge in [-0.05, 0) is 68.1 Å². The van der Waals surface area contributed by atoms with Gasteiger partial charge in [-0.25, -0.2) is 8.42 Å². The van der Waals surface area contributed by atoms with Crippen LogP contribution in [0.5, 0.6) is 0 Å². The number of nitrogens with zero attached hydrogens (tertiary/aromatic N) is 2. The number of carbonyl (C=O) groups is 2. The number of para-hydroxylation sites is 1. The first-order chi connectivity index (χ1) is 16.1. The molecule has 0 bridgehead atoms. The van der Waals surface area contributed by atoms with Crippen LogP contribution in [0.3, 0.4) is 0 Å². The van der Waals surface area contributed by atoms with Gasteiger partial charge in [0.15, 0.2) is 9.84 Å². The van der Waals surface area contributed by atoms with Crippen molar-refractivity contribution >= 4 is 33.0 Å². The number of rotatable bonds is 3. The summed E-state index contributed by atoms with van der Waals surface area (Å²) >= 11 is 0. The van der Waals surface area contributed by atoms with Crippen molar-refractivity contribution in [2.24, 2.45) is 0 Å². The Morgan fingerprint density at radius 1 is 0.853 bits per heavy atom. The molecule has 1 saturated heterocycles. The van der Waals surface area contributed by atoms with Crippen LogP contribution in [-0.2, 0) is 30.8 Å². The lowest BCUT2D eigenvalue weighted by molar-refractivity contribution is -0.123. The molecule has 6 nitrogen and oxygen atoms in total. The van der Waals surface area contributed by atoms with Crippen molar-refractivity contribution in [3.8, 4) is 0 Å². The number of benzene rings is 3. The Bertz CT molecular complexity index is 1480. The molecule has 1 fully saturated rings. The maximum absolute atomic E-state index is 14.2. The van der Waals surface area contributed by atoms with Gasteiger partial charge in [-0.1, -0.05) is 48.0 Å². The van der Waals surface area contributed by atoms with Crippen LogP contribution in [0, 0.1) is 27.7 Å². The van der Waals surface area contributed by atoms with Crippen LogP contribution in [0.15, 0.2) is 60.7 Å². The molecule has 3 aromatic carbocycles. The van der Waals surface area contributed by atoms with E-state index in [1.54, 1.807) is 36.4 Å². The van der Waals surface area contributed by atoms with E-state index in [-0.39, 0.29) is 6.54 Å². The zero-order valence-electron chi connectivity index (χ0n) is 19.6. The molecule has 34 heavy (non-hydrogen) atoms. The normalized spacial score (nSPS) is 20.9. The minimum Gasteiger partial charge on any atom is -0.304 e. The first kappa shape index (κ1) is 22.3. The number of amides is 2. The summed E-state index contributed by atoms with van der Waals surface area (Å²) in [5, 5.41) is 0. The Labute approximate surface area is 199 Å². The Hall–Kier alpha value is -3.45. The van der Waals surface area contributed by atoms with Gasteiger partial charge in [0.2, 0.25) is 5.91 Å². The van der Waals surface area contributed by atoms with Crippen molar-refractivity contribution in [1.29, 1.82) is 0 Å². The minimum atomic E-state index is -4.18. The Kier molecular flexibility index (Phi) is 4.95. The number of sulfone groups is 1. The summed E-state index contributed by atoms with van der Waals surface area (Å²) in [6, 6.07) is 18.2. The molecule has 3 aromatic rings. The van der Waals surface area contributed by atoms with Crippen LogP contribution in [0.1, 0.15) is 33.4 Å². The van der Waals surface area contributed by atoms with Gasteiger partial charge in [-0.15, -0.1) is 0 Å². The van der Waals surface area contributed by atoms with Crippen LogP contribution >= 0.6 is 0 Å². The van der Waals surface area contributed by atoms with E-state index in [0.29, 0.717) is 16.9 Å². The molecule has 2 amide bonds. The van der Waals surface area contributed by atoms with Crippen LogP contribution in [0.25, 0.3) is 0 Å². The molecular formula is C27H26N2O4S. The summed E-state index contributed by atoms with van der Waals surface area (Å²) in [7, 11) is -4.18. The predicted octanol–water partition coefficient (Wildman–Crippen LogP) is 4.08. The van der Waals surface area contributed by atoms with Gasteiger partial charge in [0.05, 0.1) is 12.2 Å². The standard InChI is InChI=1S/C27H26N2O4S/c1-17-9-10-19(3)21(13-17)15-28-24-8-6-5-7-23(24)27(26(28)31)29(25(30)16-34(27,32)33)22-12-11-18(2)20(4)14-22/h5-14H,15-16H2,1-4H3/t27-/m0/s1. The lowest BCUT2D eigenvalue weighted by Gasteiger charge is -2.33. The van der Waals surface area contributed by atoms with Crippen molar-refractivity contribution in [2.45, 2.75) is 39.1 Å². The molecule has 0 radical (unpaired) electrons. The van der Waals surface area contributed by atoms with Crippen LogP contribution in [0.2, 0.25) is 0 Å². The average molecular weight is 475 g/mol. The summed E-state index contributed by atoms with van der Waals surface area (Å²) in [5.41, 5.74) is 6.17. The zero-order chi connectivity index (χ0) is 24.4. The van der Waals surface area contributed by atoms with Gasteiger partial charge in [0.25, 0.3) is 10.8 Å². The van der Waals surface area contributed by atoms with Crippen LogP contribution in [-0.4, -0.2) is 26.0 Å². The molecule has 2 aliphatic rings. The largest absolute Gasteiger partial charge is 0.304 e. The molecule has 5 rings (SSSR count). The van der Waals surface area contributed by atoms with Crippen molar-refractivity contribution < 1.29 is 18.0 Å². The molecule has 0 unspecified atom stereocenters. The summed E-state index contributed by atoms with van der Waals surface area (Å²) in [4.78, 5) is 28.1. The first-order valence-corrected chi connectivity index (χ1v) is 12.8. The van der Waals surface area contributed by atoms with E-state index in [9.17, 15) is 18.0 Å². The van der Waals surface area contributed by atoms with Crippen molar-refractivity contribution in [3.63, 3.8) is 0 Å². The van der Waals surface area contributed by atoms with Gasteiger partial charge < -0.3 is 4.90 Å². The summed E-state index contributed by atoms with van der Waals surface area (Å²) < 4.78 is 27.4. The number of aryl methyl sites for hydroxylation is 4. The van der Waals surface area contributed by atoms with E-state index in [1.165, 1.54) is 9.80 Å². The number of carbonyl (C=O) groups excluding carboxylic acids is 2. The highest BCUT2D eigenvalue weighted by molar-refractivity contribution is 7.94. The van der Waals surface area contributed by atoms with Gasteiger partial charge in [-0.2, -0.15) is 0 Å². The summed E-state index contributed by atoms with van der Waals surface area (Å²) in [6.07, 6.45) is 0. The third-order valence-corrected chi connectivity index (χ3v) is 9.11. The number of hydrogen-bond donors (Lipinski definition) is 0. The fraction of sp³-hybridized carbons (Fsp3) is 0.259. The topological polar surface area (TPSA) is 74.8 Å². The minimum absolute atomic E-state index is 0.218. The molecule has 0 aliphatic carbocycles. The molecule has 0 saturated carbocycles. The monoisotopic (exact) mass is 474 g/mol. The Morgan fingerprint density at radius 2 is 1.56 bits per heavy atom. The molecule has 7 heteroatoms. The zero-order valence-corrected chi connectivity index (χ0v) is 20.4. The highest BCUT2D eigenvalue weighted by Gasteiger charge is 2.69. The quantitative estimate of drug-likeness (QED) is 0.573. The SMILES string of the molecule is Cc1ccc(C)c(CN2C(=O)[C@@]3(c4ccccc42)N(c2ccc(C)c(C)c2)C(=O)CS3(=O)=O)c1. The van der Waals surface area contributed by atoms with Crippen molar-refractivity contribution in [2.75, 3.05) is 15.6 Å². The predicted molar refractivity (Wildman–Crippen MR) is 132 cm³/mol. The second-order valence-electron chi connectivity index (χ2n) is 9.24. The Balaban J connectivity index is 1.75. The molecule has 174 valence electrons. The van der Waals surface area contributed by atoms with Crippen molar-refractivity contribution in [1.82, 2.24) is 0 Å². The lowest BCUT2D eigenvalue weighted by Crippen LogP contribution is -2.54. The molecule has 2 aliphatic heterocycles. The Morgan fingerprint density at radius 3 is 2.29 bits per heavy atom. The van der Waals surface area contributed by atoms with E-state index in [0.717, 1.165) is 27.8 Å². The van der Waals surface area contributed by atoms with Gasteiger partial charge in [0, 0.05) is 11.3 Å². The number of fused-ring (bicyclic) bond motifs is 2. The van der Waals surface area contributed by atoms with Crippen LogP contribution < -0.4 is 9.80 Å². The average Bonchev–Trinajstić information content (AvgIpc) is 3.15. The van der Waals surface area contributed by atoms with Gasteiger partial charge in [-0.3, -0.25) is 14.5 Å². The fourth-order valence-corrected chi connectivity index (χ4v) is 7.09. The maximum atomic E-state index is 14.2. The molecule has 0 aromatic heterocycles. The second-order valence-corrected chi connectivity index (χ2v) is 11.3. The third kappa shape index (κ3) is 2.96. The number of hydrogen-bond acceptors (Lipinski definition) is 4. The smallest absolute Gasteiger partial charge is 0.274 e. The lowest BCUT2D eigenvalue weighted by atomic mass is 10.0. The molecule has 0 N–H and O–H groups in total. The van der Waals surface area contributed by atoms with E-state index in [2.05, 4.69) is 0 Å². The molecule has 1 atom stereocenters. The highest BCUT2D eigenvalue weighted by atomic mass is 32.2.